The Morgan fingerprint density at radius 3 is 1.89 bits per heavy atom. The first-order chi connectivity index (χ1) is 17.1. The smallest absolute Gasteiger partial charge is 0.0480 e. The number of nitrogens with one attached hydrogen (secondary N) is 8. The van der Waals surface area contributed by atoms with Crippen LogP contribution in [-0.4, -0.2) is 149 Å². The van der Waals surface area contributed by atoms with Gasteiger partial charge in [0.2, 0.25) is 0 Å². The normalized spacial score (nSPS) is 21.0. The summed E-state index contributed by atoms with van der Waals surface area (Å²) >= 11 is 0. The van der Waals surface area contributed by atoms with Crippen LogP contribution in [-0.2, 0) is 0 Å². The topological polar surface area (TPSA) is 103 Å². The van der Waals surface area contributed by atoms with Crippen LogP contribution in [0.4, 0.5) is 0 Å². The van der Waals surface area contributed by atoms with Crippen molar-refractivity contribution in [3.8, 4) is 0 Å². The molecule has 0 spiro atoms. The van der Waals surface area contributed by atoms with E-state index < -0.39 is 0 Å². The fourth-order valence-electron chi connectivity index (χ4n) is 5.01. The number of hydrogen-bond donors (Lipinski definition) is 8. The van der Waals surface area contributed by atoms with Gasteiger partial charge >= 0.3 is 0 Å². The van der Waals surface area contributed by atoms with Gasteiger partial charge in [0.15, 0.2) is 0 Å². The molecule has 0 amide bonds. The largest absolute Gasteiger partial charge is 0.319 e. The van der Waals surface area contributed by atoms with Crippen LogP contribution in [0, 0.1) is 5.92 Å². The highest BCUT2D eigenvalue weighted by Gasteiger charge is 2.29. The molecule has 10 heteroatoms. The molecule has 10 nitrogen and oxygen atoms in total. The van der Waals surface area contributed by atoms with Crippen LogP contribution in [0.1, 0.15) is 19.3 Å². The second-order valence-corrected chi connectivity index (χ2v) is 10.1. The highest BCUT2D eigenvalue weighted by atomic mass is 15.2. The molecule has 0 aromatic rings. The summed E-state index contributed by atoms with van der Waals surface area (Å²) in [5.74, 6) is 0.623. The summed E-state index contributed by atoms with van der Waals surface area (Å²) < 4.78 is 0. The first-order valence-corrected chi connectivity index (χ1v) is 13.9. The van der Waals surface area contributed by atoms with Crippen molar-refractivity contribution in [1.29, 1.82) is 0 Å². The van der Waals surface area contributed by atoms with Gasteiger partial charge in [-0.05, 0) is 67.5 Å². The van der Waals surface area contributed by atoms with Crippen molar-refractivity contribution in [2.75, 3.05) is 121 Å². The van der Waals surface area contributed by atoms with Crippen molar-refractivity contribution >= 4 is 0 Å². The Balaban J connectivity index is 2.33. The van der Waals surface area contributed by atoms with Crippen LogP contribution in [0.5, 0.6) is 0 Å². The van der Waals surface area contributed by atoms with E-state index in [1.807, 2.05) is 28.2 Å². The molecule has 0 saturated heterocycles. The zero-order valence-electron chi connectivity index (χ0n) is 23.8. The van der Waals surface area contributed by atoms with Crippen LogP contribution in [0.25, 0.3) is 0 Å². The molecule has 1 fully saturated rings. The van der Waals surface area contributed by atoms with Crippen molar-refractivity contribution in [2.45, 2.75) is 37.4 Å². The fourth-order valence-corrected chi connectivity index (χ4v) is 5.01. The molecule has 1 aliphatic rings. The molecule has 0 aliphatic heterocycles. The Kier molecular flexibility index (Phi) is 20.2. The van der Waals surface area contributed by atoms with Crippen LogP contribution in [0.15, 0.2) is 0 Å². The molecule has 0 bridgehead atoms. The average Bonchev–Trinajstić information content (AvgIpc) is 2.87. The summed E-state index contributed by atoms with van der Waals surface area (Å²) in [6.07, 6.45) is 3.65. The molecule has 1 aliphatic carbocycles. The number of likely N-dealkylation sites (N-methyl/N-ethyl adjacent to an activating group) is 2. The van der Waals surface area contributed by atoms with Gasteiger partial charge in [-0.1, -0.05) is 0 Å². The lowest BCUT2D eigenvalue weighted by Crippen LogP contribution is -2.53. The number of hydrogen-bond acceptors (Lipinski definition) is 10. The molecule has 0 aromatic heterocycles. The molecule has 1 saturated carbocycles. The second-order valence-electron chi connectivity index (χ2n) is 10.1. The standard InChI is InChI=1S/C25H60N10/c1-26-9-12-35(13-10-27-2)14-11-32-21-34(6)25-16-23(30-5)15-24(17-25)33-8-7-31-20-22(18-28-3)19-29-4/h22-33H,7-21H2,1-6H3. The van der Waals surface area contributed by atoms with Gasteiger partial charge in [-0.3, -0.25) is 9.80 Å². The molecule has 35 heavy (non-hydrogen) atoms. The van der Waals surface area contributed by atoms with Crippen molar-refractivity contribution in [1.82, 2.24) is 52.3 Å². The highest BCUT2D eigenvalue weighted by Crippen LogP contribution is 2.22. The lowest BCUT2D eigenvalue weighted by molar-refractivity contribution is 0.138. The Labute approximate surface area is 216 Å². The average molecular weight is 501 g/mol. The molecule has 0 aromatic carbocycles. The van der Waals surface area contributed by atoms with E-state index >= 15 is 0 Å². The van der Waals surface area contributed by atoms with Crippen molar-refractivity contribution < 1.29 is 0 Å². The van der Waals surface area contributed by atoms with Gasteiger partial charge in [-0.2, -0.15) is 0 Å². The van der Waals surface area contributed by atoms with E-state index in [1.54, 1.807) is 0 Å². The number of nitrogens with zero attached hydrogens (tertiary/aromatic N) is 2. The van der Waals surface area contributed by atoms with Crippen molar-refractivity contribution in [2.24, 2.45) is 5.92 Å². The molecular weight excluding hydrogens is 440 g/mol. The predicted octanol–water partition coefficient (Wildman–Crippen LogP) is -2.05. The summed E-state index contributed by atoms with van der Waals surface area (Å²) in [7, 11) is 12.5. The summed E-state index contributed by atoms with van der Waals surface area (Å²) in [6.45, 7) is 12.5. The summed E-state index contributed by atoms with van der Waals surface area (Å²) in [6, 6.07) is 1.75. The van der Waals surface area contributed by atoms with Crippen molar-refractivity contribution in [3.63, 3.8) is 0 Å². The van der Waals surface area contributed by atoms with Gasteiger partial charge in [0, 0.05) is 96.8 Å². The van der Waals surface area contributed by atoms with Gasteiger partial charge in [0.1, 0.15) is 0 Å². The lowest BCUT2D eigenvalue weighted by Gasteiger charge is -2.40. The zero-order chi connectivity index (χ0) is 25.7. The summed E-state index contributed by atoms with van der Waals surface area (Å²) in [4.78, 5) is 5.04. The van der Waals surface area contributed by atoms with Gasteiger partial charge in [-0.15, -0.1) is 0 Å². The molecule has 0 radical (unpaired) electrons. The molecule has 0 heterocycles. The summed E-state index contributed by atoms with van der Waals surface area (Å²) in [5.41, 5.74) is 0. The third kappa shape index (κ3) is 15.5. The first kappa shape index (κ1) is 32.6. The zero-order valence-corrected chi connectivity index (χ0v) is 23.8. The third-order valence-corrected chi connectivity index (χ3v) is 7.19. The van der Waals surface area contributed by atoms with Crippen LogP contribution in [0.2, 0.25) is 0 Å². The number of rotatable bonds is 23. The quantitative estimate of drug-likeness (QED) is 0.0591. The maximum absolute atomic E-state index is 3.83. The van der Waals surface area contributed by atoms with E-state index in [-0.39, 0.29) is 0 Å². The van der Waals surface area contributed by atoms with Crippen LogP contribution >= 0.6 is 0 Å². The van der Waals surface area contributed by atoms with E-state index in [0.717, 1.165) is 78.7 Å². The van der Waals surface area contributed by atoms with E-state index in [9.17, 15) is 0 Å². The van der Waals surface area contributed by atoms with E-state index in [0.29, 0.717) is 24.0 Å². The fraction of sp³-hybridized carbons (Fsp3) is 1.00. The van der Waals surface area contributed by atoms with Crippen LogP contribution < -0.4 is 42.5 Å². The van der Waals surface area contributed by atoms with E-state index in [1.165, 1.54) is 19.3 Å². The van der Waals surface area contributed by atoms with Gasteiger partial charge in [0.25, 0.3) is 0 Å². The second kappa shape index (κ2) is 21.7. The third-order valence-electron chi connectivity index (χ3n) is 7.19. The molecule has 210 valence electrons. The van der Waals surface area contributed by atoms with E-state index in [4.69, 9.17) is 0 Å². The Morgan fingerprint density at radius 1 is 0.657 bits per heavy atom. The minimum Gasteiger partial charge on any atom is -0.319 e. The molecule has 3 atom stereocenters. The predicted molar refractivity (Wildman–Crippen MR) is 151 cm³/mol. The lowest BCUT2D eigenvalue weighted by atomic mass is 9.86. The molecule has 3 unspecified atom stereocenters. The molecule has 1 rings (SSSR count). The highest BCUT2D eigenvalue weighted by molar-refractivity contribution is 4.90. The van der Waals surface area contributed by atoms with E-state index in [2.05, 4.69) is 66.4 Å². The summed E-state index contributed by atoms with van der Waals surface area (Å²) in [5, 5.41) is 27.8. The van der Waals surface area contributed by atoms with Gasteiger partial charge in [0.05, 0.1) is 0 Å². The Hall–Kier alpha value is -0.400. The van der Waals surface area contributed by atoms with Crippen LogP contribution in [0.3, 0.4) is 0 Å². The Bertz CT molecular complexity index is 456. The monoisotopic (exact) mass is 501 g/mol. The first-order valence-electron chi connectivity index (χ1n) is 13.9. The minimum absolute atomic E-state index is 0.569. The Morgan fingerprint density at radius 2 is 1.29 bits per heavy atom. The maximum Gasteiger partial charge on any atom is 0.0480 e. The van der Waals surface area contributed by atoms with Gasteiger partial charge in [-0.25, -0.2) is 0 Å². The SMILES string of the molecule is CNCCN(CCNC)CCNCN(C)C1CC(NC)CC(NCCNCC(CNC)CNC)C1. The maximum atomic E-state index is 3.83. The minimum atomic E-state index is 0.569. The molecule has 8 N–H and O–H groups in total. The van der Waals surface area contributed by atoms with Crippen molar-refractivity contribution in [3.05, 3.63) is 0 Å². The molecular formula is C25H60N10. The van der Waals surface area contributed by atoms with Gasteiger partial charge < -0.3 is 42.5 Å².